The Balaban J connectivity index is 0.000000431. The van der Waals surface area contributed by atoms with Crippen LogP contribution >= 0.6 is 0 Å². The molecule has 0 aliphatic heterocycles. The van der Waals surface area contributed by atoms with Crippen LogP contribution < -0.4 is 0 Å². The van der Waals surface area contributed by atoms with Gasteiger partial charge in [0.15, 0.2) is 0 Å². The molecule has 17 heavy (non-hydrogen) atoms. The highest BCUT2D eigenvalue weighted by molar-refractivity contribution is 5.13. The van der Waals surface area contributed by atoms with Gasteiger partial charge in [-0.05, 0) is 72.5 Å². The predicted octanol–water partition coefficient (Wildman–Crippen LogP) is 4.84. The molecule has 98 valence electrons. The van der Waals surface area contributed by atoms with Crippen LogP contribution in [-0.4, -0.2) is 0 Å². The first-order chi connectivity index (χ1) is 8.18. The van der Waals surface area contributed by atoms with Gasteiger partial charge in [0.25, 0.3) is 0 Å². The van der Waals surface area contributed by atoms with Gasteiger partial charge in [-0.25, -0.2) is 0 Å². The summed E-state index contributed by atoms with van der Waals surface area (Å²) < 4.78 is 0. The second-order valence-electron chi connectivity index (χ2n) is 7.31. The zero-order valence-electron chi connectivity index (χ0n) is 12.3. The van der Waals surface area contributed by atoms with E-state index < -0.39 is 0 Å². The molecule has 0 aromatic rings. The van der Waals surface area contributed by atoms with E-state index in [9.17, 15) is 0 Å². The molecule has 9 unspecified atom stereocenters. The smallest absolute Gasteiger partial charge is 0.0318 e. The Kier molecular flexibility index (Phi) is 2.84. The predicted molar refractivity (Wildman–Crippen MR) is 73.6 cm³/mol. The van der Waals surface area contributed by atoms with Gasteiger partial charge in [0.05, 0.1) is 0 Å². The molecule has 0 amide bonds. The first-order valence-corrected chi connectivity index (χ1v) is 8.18. The third-order valence-electron chi connectivity index (χ3n) is 7.18. The molecule has 4 saturated carbocycles. The van der Waals surface area contributed by atoms with Crippen molar-refractivity contribution in [2.75, 3.05) is 0 Å². The van der Waals surface area contributed by atoms with Crippen LogP contribution in [0.5, 0.6) is 0 Å². The maximum absolute atomic E-state index is 2.54. The molecule has 4 rings (SSSR count). The van der Waals surface area contributed by atoms with Crippen LogP contribution in [0.25, 0.3) is 0 Å². The van der Waals surface area contributed by atoms with Gasteiger partial charge >= 0.3 is 0 Å². The van der Waals surface area contributed by atoms with E-state index in [4.69, 9.17) is 0 Å². The molecule has 4 fully saturated rings. The summed E-state index contributed by atoms with van der Waals surface area (Å²) in [6, 6.07) is 0. The second kappa shape index (κ2) is 4.00. The molecule has 0 aromatic heterocycles. The largest absolute Gasteiger partial charge is 0.0683 e. The van der Waals surface area contributed by atoms with Crippen molar-refractivity contribution >= 4 is 0 Å². The molecule has 0 saturated heterocycles. The van der Waals surface area contributed by atoms with E-state index in [-0.39, 0.29) is 0 Å². The minimum absolute atomic E-state index is 1.04. The van der Waals surface area contributed by atoms with E-state index >= 15 is 0 Å². The summed E-state index contributed by atoms with van der Waals surface area (Å²) in [7, 11) is 0. The summed E-state index contributed by atoms with van der Waals surface area (Å²) in [6.45, 7) is 11.6. The van der Waals surface area contributed by atoms with Crippen molar-refractivity contribution < 1.29 is 0 Å². The maximum atomic E-state index is 2.54. The lowest BCUT2D eigenvalue weighted by atomic mass is 9.62. The van der Waals surface area contributed by atoms with Crippen LogP contribution in [0.4, 0.5) is 0 Å². The first kappa shape index (κ1) is 12.1. The second-order valence-corrected chi connectivity index (χ2v) is 7.31. The Bertz CT molecular complexity index is 294. The average molecular weight is 234 g/mol. The van der Waals surface area contributed by atoms with E-state index in [0.29, 0.717) is 0 Å². The third kappa shape index (κ3) is 1.36. The molecule has 0 aromatic carbocycles. The molecule has 4 bridgehead atoms. The third-order valence-corrected chi connectivity index (χ3v) is 7.18. The fraction of sp³-hybridized carbons (Fsp3) is 1.00. The SMILES string of the molecule is CC.CC1CC2CC1C1C3CC(C(C)C3C)C21. The Morgan fingerprint density at radius 2 is 1.24 bits per heavy atom. The van der Waals surface area contributed by atoms with Gasteiger partial charge < -0.3 is 0 Å². The fourth-order valence-corrected chi connectivity index (χ4v) is 6.56. The van der Waals surface area contributed by atoms with Gasteiger partial charge in [0, 0.05) is 0 Å². The lowest BCUT2D eigenvalue weighted by molar-refractivity contribution is 0.0508. The molecule has 0 radical (unpaired) electrons. The summed E-state index contributed by atoms with van der Waals surface area (Å²) in [4.78, 5) is 0. The monoisotopic (exact) mass is 234 g/mol. The normalized spacial score (nSPS) is 62.3. The summed E-state index contributed by atoms with van der Waals surface area (Å²) in [5, 5.41) is 0. The zero-order valence-corrected chi connectivity index (χ0v) is 12.3. The van der Waals surface area contributed by atoms with Crippen molar-refractivity contribution in [3.05, 3.63) is 0 Å². The van der Waals surface area contributed by atoms with E-state index in [1.165, 1.54) is 11.8 Å². The van der Waals surface area contributed by atoms with Crippen molar-refractivity contribution in [2.24, 2.45) is 53.3 Å². The standard InChI is InChI=1S/C15H24.C2H6/c1-7-4-10-5-11(7)15-13-6-12(14(10)15)8(2)9(13)3;1-2/h7-15H,4-6H2,1-3H3;1-2H3. The van der Waals surface area contributed by atoms with Gasteiger partial charge in [0.1, 0.15) is 0 Å². The lowest BCUT2D eigenvalue weighted by Gasteiger charge is -2.43. The van der Waals surface area contributed by atoms with Gasteiger partial charge in [-0.2, -0.15) is 0 Å². The lowest BCUT2D eigenvalue weighted by Crippen LogP contribution is -2.38. The Morgan fingerprint density at radius 3 is 1.88 bits per heavy atom. The van der Waals surface area contributed by atoms with Gasteiger partial charge in [0.2, 0.25) is 0 Å². The summed E-state index contributed by atoms with van der Waals surface area (Å²) in [5.41, 5.74) is 0. The van der Waals surface area contributed by atoms with E-state index in [0.717, 1.165) is 41.4 Å². The van der Waals surface area contributed by atoms with E-state index in [2.05, 4.69) is 20.8 Å². The zero-order chi connectivity index (χ0) is 12.3. The number of hydrogen-bond acceptors (Lipinski definition) is 0. The first-order valence-electron chi connectivity index (χ1n) is 8.18. The number of fused-ring (bicyclic) bond motifs is 9. The maximum Gasteiger partial charge on any atom is -0.0318 e. The van der Waals surface area contributed by atoms with Crippen LogP contribution in [0.1, 0.15) is 53.9 Å². The molecule has 9 atom stereocenters. The summed E-state index contributed by atoms with van der Waals surface area (Å²) in [5.74, 6) is 10.1. The van der Waals surface area contributed by atoms with E-state index in [1.54, 1.807) is 19.3 Å². The minimum Gasteiger partial charge on any atom is -0.0683 e. The Morgan fingerprint density at radius 1 is 0.647 bits per heavy atom. The highest BCUT2D eigenvalue weighted by Gasteiger charge is 2.64. The van der Waals surface area contributed by atoms with Crippen molar-refractivity contribution in [2.45, 2.75) is 53.9 Å². The molecule has 4 aliphatic rings. The van der Waals surface area contributed by atoms with Crippen LogP contribution in [0, 0.1) is 53.3 Å². The molecule has 0 heterocycles. The molecule has 0 heteroatoms. The number of hydrogen-bond donors (Lipinski definition) is 0. The summed E-state index contributed by atoms with van der Waals surface area (Å²) >= 11 is 0. The van der Waals surface area contributed by atoms with Crippen LogP contribution in [0.15, 0.2) is 0 Å². The average Bonchev–Trinajstić information content (AvgIpc) is 3.02. The molecule has 0 N–H and O–H groups in total. The highest BCUT2D eigenvalue weighted by Crippen LogP contribution is 2.71. The van der Waals surface area contributed by atoms with Crippen LogP contribution in [0.3, 0.4) is 0 Å². The van der Waals surface area contributed by atoms with Gasteiger partial charge in [-0.3, -0.25) is 0 Å². The van der Waals surface area contributed by atoms with Crippen molar-refractivity contribution in [3.63, 3.8) is 0 Å². The summed E-state index contributed by atoms with van der Waals surface area (Å²) in [6.07, 6.45) is 4.80. The van der Waals surface area contributed by atoms with Gasteiger partial charge in [-0.15, -0.1) is 0 Å². The molecule has 0 spiro atoms. The molecular formula is C17H30. The van der Waals surface area contributed by atoms with E-state index in [1.807, 2.05) is 13.8 Å². The van der Waals surface area contributed by atoms with Crippen molar-refractivity contribution in [1.82, 2.24) is 0 Å². The Labute approximate surface area is 108 Å². The minimum atomic E-state index is 1.04. The Hall–Kier alpha value is 0. The fourth-order valence-electron chi connectivity index (χ4n) is 6.56. The van der Waals surface area contributed by atoms with Crippen LogP contribution in [-0.2, 0) is 0 Å². The molecular weight excluding hydrogens is 204 g/mol. The van der Waals surface area contributed by atoms with Gasteiger partial charge in [-0.1, -0.05) is 34.6 Å². The number of rotatable bonds is 0. The van der Waals surface area contributed by atoms with Crippen LogP contribution in [0.2, 0.25) is 0 Å². The van der Waals surface area contributed by atoms with Crippen molar-refractivity contribution in [3.8, 4) is 0 Å². The molecule has 0 nitrogen and oxygen atoms in total. The molecule has 4 aliphatic carbocycles. The topological polar surface area (TPSA) is 0 Å². The van der Waals surface area contributed by atoms with Crippen molar-refractivity contribution in [1.29, 1.82) is 0 Å². The quantitative estimate of drug-likeness (QED) is 0.526. The highest BCUT2D eigenvalue weighted by atomic mass is 14.7.